The van der Waals surface area contributed by atoms with Crippen LogP contribution in [-0.4, -0.2) is 17.0 Å². The molecular formula is C12H6Br2INO3S. The number of thiophene rings is 1. The molecular weight excluding hydrogens is 525 g/mol. The zero-order valence-electron chi connectivity index (χ0n) is 9.62. The molecule has 0 radical (unpaired) electrons. The summed E-state index contributed by atoms with van der Waals surface area (Å²) in [4.78, 5) is 23.4. The summed E-state index contributed by atoms with van der Waals surface area (Å²) in [5.74, 6) is -1.44. The van der Waals surface area contributed by atoms with Crippen LogP contribution in [0.3, 0.4) is 0 Å². The van der Waals surface area contributed by atoms with E-state index in [0.717, 1.165) is 7.36 Å². The average molecular weight is 531 g/mol. The quantitative estimate of drug-likeness (QED) is 0.559. The normalized spacial score (nSPS) is 10.3. The molecule has 0 unspecified atom stereocenters. The molecule has 8 heteroatoms. The molecule has 104 valence electrons. The number of anilines is 1. The van der Waals surface area contributed by atoms with Crippen LogP contribution in [0.4, 0.5) is 5.69 Å². The van der Waals surface area contributed by atoms with Gasteiger partial charge in [-0.05, 0) is 78.7 Å². The molecule has 0 saturated heterocycles. The lowest BCUT2D eigenvalue weighted by Gasteiger charge is -2.08. The Morgan fingerprint density at radius 1 is 1.20 bits per heavy atom. The second-order valence-corrected chi connectivity index (χ2v) is 8.68. The highest BCUT2D eigenvalue weighted by atomic mass is 127. The van der Waals surface area contributed by atoms with Crippen LogP contribution < -0.4 is 5.32 Å². The van der Waals surface area contributed by atoms with Crippen molar-refractivity contribution < 1.29 is 14.7 Å². The van der Waals surface area contributed by atoms with Crippen LogP contribution in [0.25, 0.3) is 0 Å². The first-order chi connectivity index (χ1) is 9.38. The topological polar surface area (TPSA) is 66.4 Å². The fourth-order valence-corrected chi connectivity index (χ4v) is 4.77. The molecule has 1 amide bonds. The second kappa shape index (κ2) is 6.54. The van der Waals surface area contributed by atoms with Crippen molar-refractivity contribution in [3.8, 4) is 0 Å². The number of amides is 1. The van der Waals surface area contributed by atoms with Gasteiger partial charge in [0.05, 0.1) is 24.4 Å². The summed E-state index contributed by atoms with van der Waals surface area (Å²) in [6.07, 6.45) is 0. The first-order valence-corrected chi connectivity index (χ1v) is 8.65. The number of rotatable bonds is 3. The molecule has 0 aliphatic heterocycles. The first kappa shape index (κ1) is 15.9. The van der Waals surface area contributed by atoms with Gasteiger partial charge in [0.15, 0.2) is 0 Å². The minimum absolute atomic E-state index is 0.0654. The number of carboxylic acids is 1. The monoisotopic (exact) mass is 529 g/mol. The van der Waals surface area contributed by atoms with Gasteiger partial charge in [0.25, 0.3) is 5.91 Å². The first-order valence-electron chi connectivity index (χ1n) is 5.17. The van der Waals surface area contributed by atoms with E-state index in [1.54, 1.807) is 18.2 Å². The Morgan fingerprint density at radius 3 is 2.45 bits per heavy atom. The molecule has 2 N–H and O–H groups in total. The number of carboxylic acid groups (broad SMARTS) is 1. The van der Waals surface area contributed by atoms with E-state index >= 15 is 0 Å². The van der Waals surface area contributed by atoms with Crippen LogP contribution in [0, 0.1) is 3.57 Å². The van der Waals surface area contributed by atoms with Gasteiger partial charge in [-0.25, -0.2) is 4.79 Å². The van der Waals surface area contributed by atoms with E-state index in [2.05, 4.69) is 37.2 Å². The van der Waals surface area contributed by atoms with Gasteiger partial charge in [-0.3, -0.25) is 4.79 Å². The molecule has 0 saturated carbocycles. The third-order valence-corrected chi connectivity index (χ3v) is 5.37. The maximum absolute atomic E-state index is 12.2. The number of halogens is 3. The fraction of sp³-hybridized carbons (Fsp3) is 0. The van der Waals surface area contributed by atoms with Crippen molar-refractivity contribution in [2.24, 2.45) is 0 Å². The van der Waals surface area contributed by atoms with E-state index in [1.165, 1.54) is 17.4 Å². The van der Waals surface area contributed by atoms with Crippen molar-refractivity contribution >= 4 is 83.4 Å². The summed E-state index contributed by atoms with van der Waals surface area (Å²) < 4.78 is 2.29. The van der Waals surface area contributed by atoms with Crippen LogP contribution in [0.2, 0.25) is 0 Å². The molecule has 0 spiro atoms. The Morgan fingerprint density at radius 2 is 1.90 bits per heavy atom. The van der Waals surface area contributed by atoms with Crippen LogP contribution >= 0.6 is 65.8 Å². The van der Waals surface area contributed by atoms with Gasteiger partial charge in [-0.2, -0.15) is 0 Å². The molecule has 20 heavy (non-hydrogen) atoms. The van der Waals surface area contributed by atoms with Gasteiger partial charge in [0, 0.05) is 3.57 Å². The number of benzene rings is 1. The van der Waals surface area contributed by atoms with Gasteiger partial charge >= 0.3 is 5.97 Å². The van der Waals surface area contributed by atoms with E-state index in [1.807, 2.05) is 22.6 Å². The van der Waals surface area contributed by atoms with Crippen molar-refractivity contribution in [3.05, 3.63) is 46.5 Å². The Balaban J connectivity index is 2.33. The minimum Gasteiger partial charge on any atom is -0.478 e. The summed E-state index contributed by atoms with van der Waals surface area (Å²) in [6, 6.07) is 6.51. The predicted molar refractivity (Wildman–Crippen MR) is 93.8 cm³/mol. The van der Waals surface area contributed by atoms with Crippen molar-refractivity contribution in [1.82, 2.24) is 0 Å². The molecule has 0 atom stereocenters. The molecule has 2 aromatic rings. The Kier molecular flexibility index (Phi) is 5.21. The summed E-state index contributed by atoms with van der Waals surface area (Å²) >= 11 is 9.99. The maximum Gasteiger partial charge on any atom is 0.337 e. The largest absolute Gasteiger partial charge is 0.478 e. The van der Waals surface area contributed by atoms with E-state index in [-0.39, 0.29) is 17.2 Å². The van der Waals surface area contributed by atoms with Crippen LogP contribution in [0.5, 0.6) is 0 Å². The highest BCUT2D eigenvalue weighted by Gasteiger charge is 2.17. The van der Waals surface area contributed by atoms with Gasteiger partial charge in [-0.1, -0.05) is 0 Å². The molecule has 0 fully saturated rings. The van der Waals surface area contributed by atoms with Crippen molar-refractivity contribution in [3.63, 3.8) is 0 Å². The summed E-state index contributed by atoms with van der Waals surface area (Å²) in [5.41, 5.74) is 0.796. The molecule has 1 heterocycles. The minimum atomic E-state index is -1.08. The smallest absolute Gasteiger partial charge is 0.337 e. The van der Waals surface area contributed by atoms with Crippen LogP contribution in [-0.2, 0) is 0 Å². The van der Waals surface area contributed by atoms with Gasteiger partial charge < -0.3 is 10.4 Å². The third-order valence-electron chi connectivity index (χ3n) is 2.36. The highest BCUT2D eigenvalue weighted by Crippen LogP contribution is 2.32. The summed E-state index contributed by atoms with van der Waals surface area (Å²) in [6.45, 7) is 0. The molecule has 0 bridgehead atoms. The number of hydrogen-bond donors (Lipinski definition) is 2. The predicted octanol–water partition coefficient (Wildman–Crippen LogP) is 4.83. The lowest BCUT2D eigenvalue weighted by Crippen LogP contribution is -2.14. The van der Waals surface area contributed by atoms with Gasteiger partial charge in [0.1, 0.15) is 0 Å². The Labute approximate surface area is 149 Å². The number of nitrogens with one attached hydrogen (secondary N) is 1. The van der Waals surface area contributed by atoms with E-state index in [9.17, 15) is 9.59 Å². The van der Waals surface area contributed by atoms with E-state index < -0.39 is 5.97 Å². The lowest BCUT2D eigenvalue weighted by atomic mass is 10.1. The van der Waals surface area contributed by atoms with Crippen molar-refractivity contribution in [1.29, 1.82) is 0 Å². The average Bonchev–Trinajstić information content (AvgIpc) is 2.70. The van der Waals surface area contributed by atoms with Gasteiger partial charge in [-0.15, -0.1) is 11.3 Å². The number of aromatic carboxylic acids is 1. The van der Waals surface area contributed by atoms with Gasteiger partial charge in [0.2, 0.25) is 0 Å². The second-order valence-electron chi connectivity index (χ2n) is 3.69. The highest BCUT2D eigenvalue weighted by molar-refractivity contribution is 14.1. The zero-order valence-corrected chi connectivity index (χ0v) is 15.8. The van der Waals surface area contributed by atoms with Crippen LogP contribution in [0.15, 0.2) is 31.8 Å². The molecule has 2 rings (SSSR count). The maximum atomic E-state index is 12.2. The number of hydrogen-bond acceptors (Lipinski definition) is 3. The molecule has 0 aliphatic rings. The Hall–Kier alpha value is -0.450. The summed E-state index contributed by atoms with van der Waals surface area (Å²) in [5, 5.41) is 11.8. The molecule has 0 aliphatic carbocycles. The standard InChI is InChI=1S/C12H6Br2INO3S/c13-9-4-7(10(14)20-9)11(17)16-8-2-1-5(15)3-6(8)12(18)19/h1-4H,(H,16,17)(H,18,19). The van der Waals surface area contributed by atoms with E-state index in [4.69, 9.17) is 5.11 Å². The molecule has 1 aromatic heterocycles. The van der Waals surface area contributed by atoms with E-state index in [0.29, 0.717) is 9.35 Å². The SMILES string of the molecule is O=C(O)c1cc(I)ccc1NC(=O)c1cc(Br)sc1Br. The van der Waals surface area contributed by atoms with Crippen molar-refractivity contribution in [2.75, 3.05) is 5.32 Å². The number of carbonyl (C=O) groups excluding carboxylic acids is 1. The third kappa shape index (κ3) is 3.60. The number of carbonyl (C=O) groups is 2. The fourth-order valence-electron chi connectivity index (χ4n) is 1.49. The zero-order chi connectivity index (χ0) is 14.9. The lowest BCUT2D eigenvalue weighted by molar-refractivity contribution is 0.0698. The van der Waals surface area contributed by atoms with Crippen molar-refractivity contribution in [2.45, 2.75) is 0 Å². The summed E-state index contributed by atoms with van der Waals surface area (Å²) in [7, 11) is 0. The Bertz CT molecular complexity index is 702. The van der Waals surface area contributed by atoms with Crippen LogP contribution in [0.1, 0.15) is 20.7 Å². The molecule has 4 nitrogen and oxygen atoms in total. The molecule has 1 aromatic carbocycles.